The Balaban J connectivity index is 2.10. The van der Waals surface area contributed by atoms with Crippen LogP contribution in [0.2, 0.25) is 0 Å². The zero-order chi connectivity index (χ0) is 16.4. The minimum Gasteiger partial charge on any atom is -0.490 e. The highest BCUT2D eigenvalue weighted by atomic mass is 16.5. The van der Waals surface area contributed by atoms with E-state index in [1.165, 1.54) is 6.20 Å². The predicted octanol–water partition coefficient (Wildman–Crippen LogP) is 2.59. The van der Waals surface area contributed by atoms with Gasteiger partial charge in [0.2, 0.25) is 0 Å². The van der Waals surface area contributed by atoms with Crippen LogP contribution < -0.4 is 13.9 Å². The van der Waals surface area contributed by atoms with E-state index in [2.05, 4.69) is 0 Å². The van der Waals surface area contributed by atoms with Crippen molar-refractivity contribution < 1.29 is 19.1 Å². The van der Waals surface area contributed by atoms with Gasteiger partial charge in [-0.3, -0.25) is 0 Å². The molecule has 0 aliphatic heterocycles. The SMILES string of the molecule is CCOc1ccc(-c2c[n+](=O)c3c(n2O)CCC3)cc1OCC. The number of hydrogen-bond donors (Lipinski definition) is 1. The normalized spacial score (nSPS) is 13.0. The number of ether oxygens (including phenoxy) is 2. The summed E-state index contributed by atoms with van der Waals surface area (Å²) in [6, 6.07) is 5.40. The van der Waals surface area contributed by atoms with Crippen LogP contribution in [-0.2, 0) is 12.8 Å². The Kier molecular flexibility index (Phi) is 4.23. The molecular weight excluding hydrogens is 296 g/mol. The first-order valence-electron chi connectivity index (χ1n) is 7.95. The van der Waals surface area contributed by atoms with Crippen LogP contribution in [0.4, 0.5) is 0 Å². The molecule has 0 unspecified atom stereocenters. The van der Waals surface area contributed by atoms with Gasteiger partial charge in [-0.05, 0) is 44.9 Å². The van der Waals surface area contributed by atoms with E-state index in [0.717, 1.165) is 15.6 Å². The van der Waals surface area contributed by atoms with Gasteiger partial charge in [0.15, 0.2) is 17.2 Å². The summed E-state index contributed by atoms with van der Waals surface area (Å²) in [5.41, 5.74) is 2.49. The molecule has 0 radical (unpaired) electrons. The molecule has 0 bridgehead atoms. The molecule has 6 heteroatoms. The molecule has 122 valence electrons. The van der Waals surface area contributed by atoms with E-state index >= 15 is 0 Å². The summed E-state index contributed by atoms with van der Waals surface area (Å²) in [5, 5.41) is 10.5. The van der Waals surface area contributed by atoms with Crippen LogP contribution in [0.3, 0.4) is 0 Å². The fraction of sp³-hybridized carbons (Fsp3) is 0.412. The third-order valence-electron chi connectivity index (χ3n) is 3.99. The fourth-order valence-corrected chi connectivity index (χ4v) is 2.97. The molecule has 2 aromatic rings. The summed E-state index contributed by atoms with van der Waals surface area (Å²) >= 11 is 0. The Labute approximate surface area is 134 Å². The molecule has 1 heterocycles. The van der Waals surface area contributed by atoms with E-state index in [9.17, 15) is 10.1 Å². The standard InChI is InChI=1S/C17H21N2O4/c1-3-22-16-9-8-12(10-17(16)23-4-2)15-11-18(20)13-6-5-7-14(13)19(15)21/h8-11,21H,3-7H2,1-2H3/q+1. The van der Waals surface area contributed by atoms with Gasteiger partial charge in [0.05, 0.1) is 17.6 Å². The number of aromatic nitrogens is 2. The third-order valence-corrected chi connectivity index (χ3v) is 3.99. The molecule has 6 nitrogen and oxygen atoms in total. The molecule has 1 aromatic heterocycles. The van der Waals surface area contributed by atoms with Gasteiger partial charge in [-0.15, -0.1) is 0 Å². The Morgan fingerprint density at radius 1 is 1.17 bits per heavy atom. The van der Waals surface area contributed by atoms with Crippen LogP contribution in [0, 0.1) is 4.91 Å². The van der Waals surface area contributed by atoms with Crippen LogP contribution in [0.1, 0.15) is 31.7 Å². The maximum absolute atomic E-state index is 12.2. The number of benzene rings is 1. The molecule has 0 atom stereocenters. The van der Waals surface area contributed by atoms with Gasteiger partial charge in [-0.1, -0.05) is 0 Å². The van der Waals surface area contributed by atoms with E-state index in [1.807, 2.05) is 19.9 Å². The van der Waals surface area contributed by atoms with Gasteiger partial charge in [0, 0.05) is 16.9 Å². The predicted molar refractivity (Wildman–Crippen MR) is 84.8 cm³/mol. The first kappa shape index (κ1) is 15.4. The van der Waals surface area contributed by atoms with Crippen LogP contribution >= 0.6 is 0 Å². The molecule has 1 aliphatic carbocycles. The Hall–Kier alpha value is -2.50. The molecule has 0 saturated heterocycles. The van der Waals surface area contributed by atoms with Crippen molar-refractivity contribution in [2.24, 2.45) is 0 Å². The second-order valence-corrected chi connectivity index (χ2v) is 5.43. The Morgan fingerprint density at radius 2 is 1.91 bits per heavy atom. The summed E-state index contributed by atoms with van der Waals surface area (Å²) in [7, 11) is 0. The molecule has 3 rings (SSSR count). The Morgan fingerprint density at radius 3 is 2.65 bits per heavy atom. The van der Waals surface area contributed by atoms with Gasteiger partial charge >= 0.3 is 0 Å². The number of nitrogens with zero attached hydrogens (tertiary/aromatic N) is 2. The highest BCUT2D eigenvalue weighted by Crippen LogP contribution is 2.33. The van der Waals surface area contributed by atoms with Crippen LogP contribution in [-0.4, -0.2) is 23.2 Å². The zero-order valence-electron chi connectivity index (χ0n) is 13.4. The number of fused-ring (bicyclic) bond motifs is 1. The van der Waals surface area contributed by atoms with Crippen molar-refractivity contribution in [1.82, 2.24) is 4.73 Å². The van der Waals surface area contributed by atoms with Crippen LogP contribution in [0.5, 0.6) is 11.5 Å². The molecule has 1 aromatic carbocycles. The van der Waals surface area contributed by atoms with Crippen molar-refractivity contribution in [2.45, 2.75) is 33.1 Å². The summed E-state index contributed by atoms with van der Waals surface area (Å²) < 4.78 is 13.2. The van der Waals surface area contributed by atoms with Gasteiger partial charge in [0.1, 0.15) is 5.69 Å². The molecule has 1 aliphatic rings. The monoisotopic (exact) mass is 317 g/mol. The second-order valence-electron chi connectivity index (χ2n) is 5.43. The van der Waals surface area contributed by atoms with Gasteiger partial charge < -0.3 is 14.7 Å². The molecule has 23 heavy (non-hydrogen) atoms. The summed E-state index contributed by atoms with van der Waals surface area (Å²) in [4.78, 5) is 12.2. The summed E-state index contributed by atoms with van der Waals surface area (Å²) in [5.74, 6) is 1.25. The van der Waals surface area contributed by atoms with Gasteiger partial charge in [0.25, 0.3) is 11.9 Å². The van der Waals surface area contributed by atoms with Gasteiger partial charge in [-0.25, -0.2) is 0 Å². The number of rotatable bonds is 5. The van der Waals surface area contributed by atoms with Crippen molar-refractivity contribution in [3.63, 3.8) is 0 Å². The quantitative estimate of drug-likeness (QED) is 0.680. The first-order chi connectivity index (χ1) is 11.2. The molecule has 0 spiro atoms. The lowest BCUT2D eigenvalue weighted by Gasteiger charge is -2.13. The van der Waals surface area contributed by atoms with Crippen molar-refractivity contribution in [2.75, 3.05) is 13.2 Å². The average molecular weight is 317 g/mol. The van der Waals surface area contributed by atoms with Crippen molar-refractivity contribution >= 4 is 0 Å². The maximum Gasteiger partial charge on any atom is 0.262 e. The van der Waals surface area contributed by atoms with Crippen molar-refractivity contribution in [3.05, 3.63) is 40.7 Å². The molecule has 0 fully saturated rings. The fourth-order valence-electron chi connectivity index (χ4n) is 2.97. The zero-order valence-corrected chi connectivity index (χ0v) is 13.4. The van der Waals surface area contributed by atoms with E-state index in [1.54, 1.807) is 12.1 Å². The highest BCUT2D eigenvalue weighted by molar-refractivity contribution is 5.63. The lowest BCUT2D eigenvalue weighted by molar-refractivity contribution is -0.505. The van der Waals surface area contributed by atoms with E-state index < -0.39 is 0 Å². The van der Waals surface area contributed by atoms with Crippen molar-refractivity contribution in [3.8, 4) is 22.8 Å². The lowest BCUT2D eigenvalue weighted by atomic mass is 10.1. The minimum absolute atomic E-state index is 0.449. The van der Waals surface area contributed by atoms with Crippen LogP contribution in [0.15, 0.2) is 24.4 Å². The smallest absolute Gasteiger partial charge is 0.262 e. The van der Waals surface area contributed by atoms with Crippen LogP contribution in [0.25, 0.3) is 11.3 Å². The van der Waals surface area contributed by atoms with Crippen molar-refractivity contribution in [1.29, 1.82) is 0 Å². The maximum atomic E-state index is 12.2. The van der Waals surface area contributed by atoms with E-state index in [-0.39, 0.29) is 0 Å². The lowest BCUT2D eigenvalue weighted by Crippen LogP contribution is -2.25. The molecule has 0 saturated carbocycles. The summed E-state index contributed by atoms with van der Waals surface area (Å²) in [6.07, 6.45) is 3.70. The third kappa shape index (κ3) is 2.76. The van der Waals surface area contributed by atoms with Gasteiger partial charge in [-0.2, -0.15) is 4.73 Å². The van der Waals surface area contributed by atoms with E-state index in [0.29, 0.717) is 60.2 Å². The Bertz CT molecular complexity index is 783. The minimum atomic E-state index is 0.449. The molecule has 1 N–H and O–H groups in total. The topological polar surface area (TPSA) is 66.6 Å². The van der Waals surface area contributed by atoms with E-state index in [4.69, 9.17) is 9.47 Å². The average Bonchev–Trinajstić information content (AvgIpc) is 3.04. The summed E-state index contributed by atoms with van der Waals surface area (Å²) in [6.45, 7) is 4.86. The first-order valence-corrected chi connectivity index (χ1v) is 7.95. The second kappa shape index (κ2) is 6.32. The largest absolute Gasteiger partial charge is 0.490 e. The number of hydrogen-bond acceptors (Lipinski definition) is 4. The molecule has 0 amide bonds. The molecular formula is C17H21N2O4+. The highest BCUT2D eigenvalue weighted by Gasteiger charge is 2.28.